The summed E-state index contributed by atoms with van der Waals surface area (Å²) in [5.74, 6) is 0.745. The molecule has 0 aromatic heterocycles. The Labute approximate surface area is 129 Å². The molecule has 0 spiro atoms. The predicted octanol–water partition coefficient (Wildman–Crippen LogP) is 2.38. The van der Waals surface area contributed by atoms with Crippen LogP contribution in [0.4, 0.5) is 0 Å². The van der Waals surface area contributed by atoms with Crippen LogP contribution in [0.25, 0.3) is 0 Å². The molecule has 0 aliphatic carbocycles. The van der Waals surface area contributed by atoms with Gasteiger partial charge in [-0.3, -0.25) is 0 Å². The first kappa shape index (κ1) is 17.4. The number of rotatable bonds is 9. The molecule has 1 rings (SSSR count). The second kappa shape index (κ2) is 9.34. The lowest BCUT2D eigenvalue weighted by Crippen LogP contribution is -2.35. The molecule has 2 N–H and O–H groups in total. The number of aliphatic hydroxyl groups is 1. The third kappa shape index (κ3) is 6.70. The smallest absolute Gasteiger partial charge is 0.133 e. The van der Waals surface area contributed by atoms with Gasteiger partial charge in [-0.15, -0.1) is 0 Å². The molecule has 114 valence electrons. The van der Waals surface area contributed by atoms with E-state index in [2.05, 4.69) is 21.2 Å². The summed E-state index contributed by atoms with van der Waals surface area (Å²) in [5.41, 5.74) is 1.19. The van der Waals surface area contributed by atoms with Crippen molar-refractivity contribution in [3.05, 3.63) is 28.2 Å². The fourth-order valence-electron chi connectivity index (χ4n) is 1.65. The number of hydrogen-bond donors (Lipinski definition) is 2. The van der Waals surface area contributed by atoms with Gasteiger partial charge in [0.1, 0.15) is 18.5 Å². The summed E-state index contributed by atoms with van der Waals surface area (Å²) < 4.78 is 11.6. The van der Waals surface area contributed by atoms with Crippen LogP contribution in [-0.4, -0.2) is 44.1 Å². The van der Waals surface area contributed by atoms with Crippen molar-refractivity contribution in [1.29, 1.82) is 0 Å². The van der Waals surface area contributed by atoms with Gasteiger partial charge >= 0.3 is 0 Å². The molecule has 20 heavy (non-hydrogen) atoms. The van der Waals surface area contributed by atoms with Crippen LogP contribution in [0, 0.1) is 0 Å². The molecular formula is C15H24BrNO3. The van der Waals surface area contributed by atoms with Crippen molar-refractivity contribution in [2.45, 2.75) is 32.4 Å². The number of methoxy groups -OCH3 is 1. The van der Waals surface area contributed by atoms with Crippen molar-refractivity contribution in [3.63, 3.8) is 0 Å². The van der Waals surface area contributed by atoms with Crippen molar-refractivity contribution in [1.82, 2.24) is 5.32 Å². The molecule has 1 aromatic rings. The Bertz CT molecular complexity index is 399. The SMILES string of the molecule is COCCc1ccc(OCC(O)CNC(C)C)c(Br)c1. The van der Waals surface area contributed by atoms with Crippen LogP contribution in [0.5, 0.6) is 5.75 Å². The molecule has 4 nitrogen and oxygen atoms in total. The van der Waals surface area contributed by atoms with Crippen LogP contribution in [0.1, 0.15) is 19.4 Å². The van der Waals surface area contributed by atoms with E-state index in [1.54, 1.807) is 7.11 Å². The maximum atomic E-state index is 9.80. The van der Waals surface area contributed by atoms with Crippen LogP contribution in [-0.2, 0) is 11.2 Å². The lowest BCUT2D eigenvalue weighted by Gasteiger charge is -2.16. The largest absolute Gasteiger partial charge is 0.490 e. The highest BCUT2D eigenvalue weighted by Gasteiger charge is 2.08. The summed E-state index contributed by atoms with van der Waals surface area (Å²) in [4.78, 5) is 0. The Morgan fingerprint density at radius 3 is 2.70 bits per heavy atom. The number of hydrogen-bond acceptors (Lipinski definition) is 4. The van der Waals surface area contributed by atoms with Gasteiger partial charge in [0.25, 0.3) is 0 Å². The fraction of sp³-hybridized carbons (Fsp3) is 0.600. The first-order valence-electron chi connectivity index (χ1n) is 6.84. The van der Waals surface area contributed by atoms with Gasteiger partial charge in [-0.1, -0.05) is 19.9 Å². The molecule has 0 saturated heterocycles. The van der Waals surface area contributed by atoms with Crippen molar-refractivity contribution >= 4 is 15.9 Å². The van der Waals surface area contributed by atoms with E-state index in [1.807, 2.05) is 32.0 Å². The van der Waals surface area contributed by atoms with E-state index < -0.39 is 6.10 Å². The second-order valence-electron chi connectivity index (χ2n) is 5.04. The van der Waals surface area contributed by atoms with Gasteiger partial charge in [-0.2, -0.15) is 0 Å². The summed E-state index contributed by atoms with van der Waals surface area (Å²) in [6.07, 6.45) is 0.355. The summed E-state index contributed by atoms with van der Waals surface area (Å²) in [6, 6.07) is 6.30. The Hall–Kier alpha value is -0.620. The first-order valence-corrected chi connectivity index (χ1v) is 7.63. The summed E-state index contributed by atoms with van der Waals surface area (Å²) in [7, 11) is 1.69. The Kier molecular flexibility index (Phi) is 8.14. The van der Waals surface area contributed by atoms with Crippen molar-refractivity contribution in [3.8, 4) is 5.75 Å². The van der Waals surface area contributed by atoms with E-state index in [9.17, 15) is 5.11 Å². The molecular weight excluding hydrogens is 322 g/mol. The lowest BCUT2D eigenvalue weighted by molar-refractivity contribution is 0.104. The third-order valence-corrected chi connectivity index (χ3v) is 3.40. The van der Waals surface area contributed by atoms with Gasteiger partial charge in [0.2, 0.25) is 0 Å². The first-order chi connectivity index (χ1) is 9.52. The number of halogens is 1. The minimum Gasteiger partial charge on any atom is -0.490 e. The minimum absolute atomic E-state index is 0.274. The summed E-state index contributed by atoms with van der Waals surface area (Å²) in [6.45, 7) is 5.59. The van der Waals surface area contributed by atoms with Gasteiger partial charge in [0.15, 0.2) is 0 Å². The van der Waals surface area contributed by atoms with Crippen molar-refractivity contribution < 1.29 is 14.6 Å². The van der Waals surface area contributed by atoms with Crippen LogP contribution in [0.2, 0.25) is 0 Å². The molecule has 1 aromatic carbocycles. The molecule has 1 unspecified atom stereocenters. The zero-order valence-electron chi connectivity index (χ0n) is 12.4. The number of benzene rings is 1. The molecule has 0 amide bonds. The number of aliphatic hydroxyl groups excluding tert-OH is 1. The minimum atomic E-state index is -0.516. The van der Waals surface area contributed by atoms with Crippen LogP contribution < -0.4 is 10.1 Å². The number of nitrogens with one attached hydrogen (secondary N) is 1. The predicted molar refractivity (Wildman–Crippen MR) is 84.4 cm³/mol. The monoisotopic (exact) mass is 345 g/mol. The quantitative estimate of drug-likeness (QED) is 0.721. The molecule has 0 bridgehead atoms. The van der Waals surface area contributed by atoms with Crippen molar-refractivity contribution in [2.24, 2.45) is 0 Å². The number of ether oxygens (including phenoxy) is 2. The van der Waals surface area contributed by atoms with E-state index >= 15 is 0 Å². The fourth-order valence-corrected chi connectivity index (χ4v) is 2.19. The average Bonchev–Trinajstić information content (AvgIpc) is 2.41. The van der Waals surface area contributed by atoms with Gasteiger partial charge in [0.05, 0.1) is 11.1 Å². The molecule has 0 aliphatic heterocycles. The third-order valence-electron chi connectivity index (χ3n) is 2.78. The van der Waals surface area contributed by atoms with E-state index in [1.165, 1.54) is 5.56 Å². The van der Waals surface area contributed by atoms with Crippen LogP contribution in [0.3, 0.4) is 0 Å². The van der Waals surface area contributed by atoms with Gasteiger partial charge < -0.3 is 19.9 Å². The standard InChI is InChI=1S/C15H24BrNO3/c1-11(2)17-9-13(18)10-20-15-5-4-12(6-7-19-3)8-14(15)16/h4-5,8,11,13,17-18H,6-7,9-10H2,1-3H3. The molecule has 0 fully saturated rings. The van der Waals surface area contributed by atoms with E-state index in [0.29, 0.717) is 19.2 Å². The summed E-state index contributed by atoms with van der Waals surface area (Å²) >= 11 is 3.49. The van der Waals surface area contributed by atoms with Gasteiger partial charge in [-0.05, 0) is 40.0 Å². The lowest BCUT2D eigenvalue weighted by atomic mass is 10.1. The highest BCUT2D eigenvalue weighted by molar-refractivity contribution is 9.10. The Morgan fingerprint density at radius 1 is 1.35 bits per heavy atom. The Morgan fingerprint density at radius 2 is 2.10 bits per heavy atom. The molecule has 1 atom stereocenters. The van der Waals surface area contributed by atoms with E-state index in [0.717, 1.165) is 16.6 Å². The average molecular weight is 346 g/mol. The molecule has 0 radical (unpaired) electrons. The topological polar surface area (TPSA) is 50.7 Å². The molecule has 0 aliphatic rings. The molecule has 0 saturated carbocycles. The van der Waals surface area contributed by atoms with Crippen LogP contribution >= 0.6 is 15.9 Å². The van der Waals surface area contributed by atoms with Gasteiger partial charge in [-0.25, -0.2) is 0 Å². The van der Waals surface area contributed by atoms with Crippen molar-refractivity contribution in [2.75, 3.05) is 26.9 Å². The van der Waals surface area contributed by atoms with Gasteiger partial charge in [0, 0.05) is 19.7 Å². The van der Waals surface area contributed by atoms with E-state index in [4.69, 9.17) is 9.47 Å². The maximum Gasteiger partial charge on any atom is 0.133 e. The molecule has 0 heterocycles. The zero-order chi connectivity index (χ0) is 15.0. The molecule has 5 heteroatoms. The Balaban J connectivity index is 2.43. The van der Waals surface area contributed by atoms with Crippen LogP contribution in [0.15, 0.2) is 22.7 Å². The maximum absolute atomic E-state index is 9.80. The highest BCUT2D eigenvalue weighted by atomic mass is 79.9. The normalized spacial score (nSPS) is 12.7. The summed E-state index contributed by atoms with van der Waals surface area (Å²) in [5, 5.41) is 13.0. The van der Waals surface area contributed by atoms with E-state index in [-0.39, 0.29) is 6.61 Å². The zero-order valence-corrected chi connectivity index (χ0v) is 13.9. The highest BCUT2D eigenvalue weighted by Crippen LogP contribution is 2.26. The second-order valence-corrected chi connectivity index (χ2v) is 5.89.